The lowest BCUT2D eigenvalue weighted by Crippen LogP contribution is -2.36. The summed E-state index contributed by atoms with van der Waals surface area (Å²) in [6.45, 7) is 3.58. The van der Waals surface area contributed by atoms with E-state index in [0.717, 1.165) is 32.7 Å². The Labute approximate surface area is 107 Å². The highest BCUT2D eigenvalue weighted by Crippen LogP contribution is 2.25. The molecule has 0 bridgehead atoms. The molecule has 0 aliphatic carbocycles. The average molecular weight is 248 g/mol. The number of nitrogens with one attached hydrogen (secondary N) is 2. The summed E-state index contributed by atoms with van der Waals surface area (Å²) in [6.07, 6.45) is 0.967. The molecule has 0 saturated carbocycles. The Bertz CT molecular complexity index is 386. The summed E-state index contributed by atoms with van der Waals surface area (Å²) in [5.74, 6) is 0. The molecule has 2 aliphatic rings. The van der Waals surface area contributed by atoms with Crippen molar-refractivity contribution in [3.05, 3.63) is 29.8 Å². The number of hydrogen-bond acceptors (Lipinski definition) is 5. The van der Waals surface area contributed by atoms with Crippen LogP contribution in [-0.4, -0.2) is 32.5 Å². The van der Waals surface area contributed by atoms with Gasteiger partial charge in [0.15, 0.2) is 0 Å². The summed E-state index contributed by atoms with van der Waals surface area (Å²) in [5, 5.41) is 0. The standard InChI is InChI=1S/C13H20N4O/c14-13-9-12(15-16-13)10-2-1-3-11(8-10)17-4-6-18-7-5-17/h1-3,8,12-13,15-16H,4-7,9,14H2. The maximum Gasteiger partial charge on any atom is 0.0698 e. The van der Waals surface area contributed by atoms with Crippen molar-refractivity contribution in [3.8, 4) is 0 Å². The Morgan fingerprint density at radius 3 is 2.78 bits per heavy atom. The van der Waals surface area contributed by atoms with Gasteiger partial charge in [0.25, 0.3) is 0 Å². The molecule has 2 unspecified atom stereocenters. The Kier molecular flexibility index (Phi) is 3.47. The van der Waals surface area contributed by atoms with E-state index in [2.05, 4.69) is 40.0 Å². The first-order valence-corrected chi connectivity index (χ1v) is 6.52. The van der Waals surface area contributed by atoms with Crippen molar-refractivity contribution >= 4 is 5.69 Å². The number of anilines is 1. The van der Waals surface area contributed by atoms with Crippen molar-refractivity contribution in [2.45, 2.75) is 18.6 Å². The van der Waals surface area contributed by atoms with Gasteiger partial charge in [0.2, 0.25) is 0 Å². The number of hydrazine groups is 1. The van der Waals surface area contributed by atoms with Gasteiger partial charge in [-0.2, -0.15) is 0 Å². The Morgan fingerprint density at radius 1 is 1.22 bits per heavy atom. The number of nitrogens with two attached hydrogens (primary N) is 1. The van der Waals surface area contributed by atoms with Crippen LogP contribution in [0.5, 0.6) is 0 Å². The van der Waals surface area contributed by atoms with E-state index in [1.54, 1.807) is 0 Å². The molecule has 2 saturated heterocycles. The van der Waals surface area contributed by atoms with Crippen LogP contribution in [0.3, 0.4) is 0 Å². The largest absolute Gasteiger partial charge is 0.378 e. The number of ether oxygens (including phenoxy) is 1. The highest BCUT2D eigenvalue weighted by molar-refractivity contribution is 5.49. The second-order valence-corrected chi connectivity index (χ2v) is 4.88. The van der Waals surface area contributed by atoms with Gasteiger partial charge in [-0.15, -0.1) is 0 Å². The summed E-state index contributed by atoms with van der Waals surface area (Å²) in [5.41, 5.74) is 14.7. The molecule has 0 amide bonds. The molecule has 1 aromatic rings. The van der Waals surface area contributed by atoms with E-state index in [9.17, 15) is 0 Å². The molecule has 2 aliphatic heterocycles. The highest BCUT2D eigenvalue weighted by Gasteiger charge is 2.22. The number of nitrogens with zero attached hydrogens (tertiary/aromatic N) is 1. The van der Waals surface area contributed by atoms with E-state index in [1.165, 1.54) is 11.3 Å². The van der Waals surface area contributed by atoms with Crippen LogP contribution >= 0.6 is 0 Å². The maximum absolute atomic E-state index is 5.84. The molecule has 3 rings (SSSR count). The van der Waals surface area contributed by atoms with E-state index in [0.29, 0.717) is 6.04 Å². The van der Waals surface area contributed by atoms with Crippen LogP contribution in [0.15, 0.2) is 24.3 Å². The summed E-state index contributed by atoms with van der Waals surface area (Å²) in [4.78, 5) is 2.37. The van der Waals surface area contributed by atoms with Crippen LogP contribution < -0.4 is 21.5 Å². The fraction of sp³-hybridized carbons (Fsp3) is 0.538. The van der Waals surface area contributed by atoms with Crippen molar-refractivity contribution in [2.24, 2.45) is 5.73 Å². The molecule has 5 nitrogen and oxygen atoms in total. The molecule has 2 fully saturated rings. The third-order valence-electron chi connectivity index (χ3n) is 3.58. The molecule has 1 aromatic carbocycles. The number of morpholine rings is 1. The van der Waals surface area contributed by atoms with Crippen LogP contribution in [0.25, 0.3) is 0 Å². The Hall–Kier alpha value is -1.14. The zero-order valence-corrected chi connectivity index (χ0v) is 10.4. The summed E-state index contributed by atoms with van der Waals surface area (Å²) in [6, 6.07) is 8.99. The van der Waals surface area contributed by atoms with Crippen molar-refractivity contribution in [1.82, 2.24) is 10.9 Å². The van der Waals surface area contributed by atoms with Gasteiger partial charge in [0.1, 0.15) is 0 Å². The monoisotopic (exact) mass is 248 g/mol. The van der Waals surface area contributed by atoms with Gasteiger partial charge < -0.3 is 15.4 Å². The van der Waals surface area contributed by atoms with Crippen molar-refractivity contribution in [1.29, 1.82) is 0 Å². The SMILES string of the molecule is NC1CC(c2cccc(N3CCOCC3)c2)NN1. The molecule has 0 spiro atoms. The molecule has 18 heavy (non-hydrogen) atoms. The van der Waals surface area contributed by atoms with Crippen LogP contribution in [0, 0.1) is 0 Å². The predicted octanol–water partition coefficient (Wildman–Crippen LogP) is 0.347. The molecule has 4 N–H and O–H groups in total. The van der Waals surface area contributed by atoms with E-state index in [-0.39, 0.29) is 6.17 Å². The second kappa shape index (κ2) is 5.24. The molecule has 0 aromatic heterocycles. The number of rotatable bonds is 2. The van der Waals surface area contributed by atoms with Crippen LogP contribution in [0.2, 0.25) is 0 Å². The van der Waals surface area contributed by atoms with Crippen LogP contribution in [-0.2, 0) is 4.74 Å². The number of benzene rings is 1. The van der Waals surface area contributed by atoms with Crippen molar-refractivity contribution < 1.29 is 4.74 Å². The van der Waals surface area contributed by atoms with Crippen LogP contribution in [0.4, 0.5) is 5.69 Å². The van der Waals surface area contributed by atoms with Crippen molar-refractivity contribution in [2.75, 3.05) is 31.2 Å². The third kappa shape index (κ3) is 2.49. The average Bonchev–Trinajstić information content (AvgIpc) is 2.87. The smallest absolute Gasteiger partial charge is 0.0698 e. The fourth-order valence-corrected chi connectivity index (χ4v) is 2.56. The number of hydrogen-bond donors (Lipinski definition) is 3. The fourth-order valence-electron chi connectivity index (χ4n) is 2.56. The zero-order chi connectivity index (χ0) is 12.4. The topological polar surface area (TPSA) is 62.5 Å². The molecule has 2 atom stereocenters. The lowest BCUT2D eigenvalue weighted by Gasteiger charge is -2.29. The predicted molar refractivity (Wildman–Crippen MR) is 71.1 cm³/mol. The molecule has 5 heteroatoms. The van der Waals surface area contributed by atoms with E-state index in [1.807, 2.05) is 0 Å². The summed E-state index contributed by atoms with van der Waals surface area (Å²) in [7, 11) is 0. The Balaban J connectivity index is 1.76. The third-order valence-corrected chi connectivity index (χ3v) is 3.58. The minimum absolute atomic E-state index is 0.0436. The minimum atomic E-state index is 0.0436. The summed E-state index contributed by atoms with van der Waals surface area (Å²) < 4.78 is 5.38. The quantitative estimate of drug-likeness (QED) is 0.705. The maximum atomic E-state index is 5.84. The molecule has 98 valence electrons. The summed E-state index contributed by atoms with van der Waals surface area (Å²) >= 11 is 0. The van der Waals surface area contributed by atoms with Crippen LogP contribution in [0.1, 0.15) is 18.0 Å². The molecular weight excluding hydrogens is 228 g/mol. The molecule has 2 heterocycles. The minimum Gasteiger partial charge on any atom is -0.378 e. The van der Waals surface area contributed by atoms with E-state index in [4.69, 9.17) is 10.5 Å². The lowest BCUT2D eigenvalue weighted by atomic mass is 10.0. The Morgan fingerprint density at radius 2 is 2.06 bits per heavy atom. The van der Waals surface area contributed by atoms with Gasteiger partial charge in [0.05, 0.1) is 19.4 Å². The molecular formula is C13H20N4O. The first-order valence-electron chi connectivity index (χ1n) is 6.52. The van der Waals surface area contributed by atoms with Gasteiger partial charge in [0, 0.05) is 24.8 Å². The van der Waals surface area contributed by atoms with Crippen molar-refractivity contribution in [3.63, 3.8) is 0 Å². The zero-order valence-electron chi connectivity index (χ0n) is 10.4. The van der Waals surface area contributed by atoms with E-state index >= 15 is 0 Å². The van der Waals surface area contributed by atoms with Gasteiger partial charge >= 0.3 is 0 Å². The van der Waals surface area contributed by atoms with Gasteiger partial charge in [-0.3, -0.25) is 0 Å². The first kappa shape index (κ1) is 11.9. The normalized spacial score (nSPS) is 28.6. The molecule has 0 radical (unpaired) electrons. The first-order chi connectivity index (χ1) is 8.83. The van der Waals surface area contributed by atoms with Gasteiger partial charge in [-0.05, 0) is 24.1 Å². The van der Waals surface area contributed by atoms with E-state index < -0.39 is 0 Å². The second-order valence-electron chi connectivity index (χ2n) is 4.88. The lowest BCUT2D eigenvalue weighted by molar-refractivity contribution is 0.122. The highest BCUT2D eigenvalue weighted by atomic mass is 16.5. The van der Waals surface area contributed by atoms with Gasteiger partial charge in [-0.25, -0.2) is 10.9 Å². The van der Waals surface area contributed by atoms with Gasteiger partial charge in [-0.1, -0.05) is 12.1 Å².